The van der Waals surface area contributed by atoms with Crippen molar-refractivity contribution >= 4 is 17.5 Å². The molecule has 3 rings (SSSR count). The number of piperidine rings is 1. The number of likely N-dealkylation sites (tertiary alicyclic amines) is 1. The molecule has 1 saturated heterocycles. The molecule has 144 valence electrons. The summed E-state index contributed by atoms with van der Waals surface area (Å²) < 4.78 is 0. The molecule has 1 aliphatic carbocycles. The Bertz CT molecular complexity index is 756. The van der Waals surface area contributed by atoms with Crippen molar-refractivity contribution in [2.75, 3.05) is 25.0 Å². The molecule has 2 amide bonds. The third kappa shape index (κ3) is 4.58. The number of hydrogen-bond donors (Lipinski definition) is 3. The van der Waals surface area contributed by atoms with Crippen LogP contribution in [0.25, 0.3) is 0 Å². The Kier molecular flexibility index (Phi) is 5.66. The van der Waals surface area contributed by atoms with Gasteiger partial charge in [-0.15, -0.1) is 0 Å². The number of benzene rings is 1. The SMILES string of the molecule is C[C@](C#N)(NC(=O)CNc1ccccc1C(=O)N1CCC[C@H](O)C1)C1CC1. The van der Waals surface area contributed by atoms with Crippen LogP contribution in [0.1, 0.15) is 43.0 Å². The number of hydrogen-bond acceptors (Lipinski definition) is 5. The minimum absolute atomic E-state index is 0.0170. The Labute approximate surface area is 159 Å². The van der Waals surface area contributed by atoms with E-state index in [4.69, 9.17) is 0 Å². The molecule has 1 heterocycles. The summed E-state index contributed by atoms with van der Waals surface area (Å²) in [5, 5.41) is 25.0. The van der Waals surface area contributed by atoms with E-state index in [0.717, 1.165) is 19.3 Å². The molecule has 1 saturated carbocycles. The number of aliphatic hydroxyl groups excluding tert-OH is 1. The molecule has 1 aromatic carbocycles. The minimum atomic E-state index is -0.835. The summed E-state index contributed by atoms with van der Waals surface area (Å²) in [5.74, 6) is -0.218. The number of nitrogens with one attached hydrogen (secondary N) is 2. The Balaban J connectivity index is 1.63. The lowest BCUT2D eigenvalue weighted by Crippen LogP contribution is -2.48. The number of amides is 2. The molecular weight excluding hydrogens is 344 g/mol. The van der Waals surface area contributed by atoms with E-state index < -0.39 is 11.6 Å². The van der Waals surface area contributed by atoms with Gasteiger partial charge in [0.15, 0.2) is 0 Å². The van der Waals surface area contributed by atoms with Gasteiger partial charge < -0.3 is 20.6 Å². The van der Waals surface area contributed by atoms with Gasteiger partial charge in [0.05, 0.1) is 24.3 Å². The first-order valence-corrected chi connectivity index (χ1v) is 9.45. The van der Waals surface area contributed by atoms with Crippen molar-refractivity contribution in [1.82, 2.24) is 10.2 Å². The van der Waals surface area contributed by atoms with E-state index in [1.807, 2.05) is 0 Å². The van der Waals surface area contributed by atoms with Crippen LogP contribution >= 0.6 is 0 Å². The fourth-order valence-electron chi connectivity index (χ4n) is 3.52. The molecule has 27 heavy (non-hydrogen) atoms. The minimum Gasteiger partial charge on any atom is -0.391 e. The summed E-state index contributed by atoms with van der Waals surface area (Å²) in [6.45, 7) is 2.68. The maximum absolute atomic E-state index is 12.8. The van der Waals surface area contributed by atoms with Gasteiger partial charge in [-0.1, -0.05) is 12.1 Å². The number of rotatable bonds is 6. The van der Waals surface area contributed by atoms with Gasteiger partial charge in [0.1, 0.15) is 5.54 Å². The topological polar surface area (TPSA) is 105 Å². The Hall–Kier alpha value is -2.59. The lowest BCUT2D eigenvalue weighted by molar-refractivity contribution is -0.120. The molecule has 0 bridgehead atoms. The molecule has 7 nitrogen and oxygen atoms in total. The maximum atomic E-state index is 12.8. The molecule has 7 heteroatoms. The summed E-state index contributed by atoms with van der Waals surface area (Å²) in [6, 6.07) is 9.25. The van der Waals surface area contributed by atoms with Crippen LogP contribution in [0.3, 0.4) is 0 Å². The normalized spacial score (nSPS) is 21.7. The van der Waals surface area contributed by atoms with Crippen molar-refractivity contribution in [3.63, 3.8) is 0 Å². The van der Waals surface area contributed by atoms with Crippen molar-refractivity contribution in [3.05, 3.63) is 29.8 Å². The average Bonchev–Trinajstić information content (AvgIpc) is 3.52. The van der Waals surface area contributed by atoms with Gasteiger partial charge in [-0.2, -0.15) is 5.26 Å². The molecule has 3 N–H and O–H groups in total. The van der Waals surface area contributed by atoms with Crippen LogP contribution in [0.2, 0.25) is 0 Å². The molecule has 0 unspecified atom stereocenters. The highest BCUT2D eigenvalue weighted by Crippen LogP contribution is 2.39. The fourth-order valence-corrected chi connectivity index (χ4v) is 3.52. The van der Waals surface area contributed by atoms with E-state index in [1.54, 1.807) is 36.1 Å². The van der Waals surface area contributed by atoms with E-state index in [9.17, 15) is 20.0 Å². The van der Waals surface area contributed by atoms with Crippen LogP contribution in [0, 0.1) is 17.2 Å². The summed E-state index contributed by atoms with van der Waals surface area (Å²) in [7, 11) is 0. The van der Waals surface area contributed by atoms with Gasteiger partial charge in [-0.25, -0.2) is 0 Å². The standard InChI is InChI=1S/C20H26N4O3/c1-20(13-21,14-8-9-14)23-18(26)11-22-17-7-3-2-6-16(17)19(27)24-10-4-5-15(25)12-24/h2-3,6-7,14-15,22,25H,4-5,8-12H2,1H3,(H,23,26)/t15-,20+/m0/s1. The Morgan fingerprint density at radius 3 is 2.74 bits per heavy atom. The largest absolute Gasteiger partial charge is 0.391 e. The van der Waals surface area contributed by atoms with Crippen LogP contribution in [-0.4, -0.2) is 53.1 Å². The van der Waals surface area contributed by atoms with Crippen LogP contribution in [0.5, 0.6) is 0 Å². The van der Waals surface area contributed by atoms with Crippen molar-refractivity contribution < 1.29 is 14.7 Å². The first-order chi connectivity index (χ1) is 12.9. The van der Waals surface area contributed by atoms with Gasteiger partial charge in [0.2, 0.25) is 5.91 Å². The molecule has 1 aromatic rings. The van der Waals surface area contributed by atoms with E-state index in [2.05, 4.69) is 16.7 Å². The number of aliphatic hydroxyl groups is 1. The number of β-amino-alcohol motifs (C(OH)–C–C–N with tert-alkyl or cyclic N) is 1. The van der Waals surface area contributed by atoms with Crippen molar-refractivity contribution in [3.8, 4) is 6.07 Å². The van der Waals surface area contributed by atoms with Gasteiger partial charge in [-0.3, -0.25) is 9.59 Å². The number of nitriles is 1. The zero-order chi connectivity index (χ0) is 19.4. The molecular formula is C20H26N4O3. The quantitative estimate of drug-likeness (QED) is 0.704. The second-order valence-corrected chi connectivity index (χ2v) is 7.58. The number of nitrogens with zero attached hydrogens (tertiary/aromatic N) is 2. The second-order valence-electron chi connectivity index (χ2n) is 7.58. The first kappa shape index (κ1) is 19.2. The molecule has 2 aliphatic rings. The average molecular weight is 370 g/mol. The first-order valence-electron chi connectivity index (χ1n) is 9.45. The zero-order valence-corrected chi connectivity index (χ0v) is 15.6. The van der Waals surface area contributed by atoms with Gasteiger partial charge in [0, 0.05) is 18.8 Å². The molecule has 2 fully saturated rings. The van der Waals surface area contributed by atoms with Crippen LogP contribution < -0.4 is 10.6 Å². The number of para-hydroxylation sites is 1. The summed E-state index contributed by atoms with van der Waals surface area (Å²) in [6.07, 6.45) is 2.91. The highest BCUT2D eigenvalue weighted by atomic mass is 16.3. The summed E-state index contributed by atoms with van der Waals surface area (Å²) in [5.41, 5.74) is 0.213. The summed E-state index contributed by atoms with van der Waals surface area (Å²) >= 11 is 0. The van der Waals surface area contributed by atoms with Gasteiger partial charge in [-0.05, 0) is 50.7 Å². The van der Waals surface area contributed by atoms with E-state index in [-0.39, 0.29) is 24.3 Å². The van der Waals surface area contributed by atoms with Crippen molar-refractivity contribution in [2.24, 2.45) is 5.92 Å². The Morgan fingerprint density at radius 1 is 1.33 bits per heavy atom. The number of carbonyl (C=O) groups excluding carboxylic acids is 2. The predicted octanol–water partition coefficient (Wildman–Crippen LogP) is 1.50. The van der Waals surface area contributed by atoms with E-state index >= 15 is 0 Å². The Morgan fingerprint density at radius 2 is 2.07 bits per heavy atom. The highest BCUT2D eigenvalue weighted by molar-refractivity contribution is 6.00. The third-order valence-corrected chi connectivity index (χ3v) is 5.31. The zero-order valence-electron chi connectivity index (χ0n) is 15.6. The maximum Gasteiger partial charge on any atom is 0.256 e. The van der Waals surface area contributed by atoms with E-state index in [0.29, 0.717) is 30.8 Å². The van der Waals surface area contributed by atoms with Crippen LogP contribution in [0.15, 0.2) is 24.3 Å². The molecule has 0 radical (unpaired) electrons. The summed E-state index contributed by atoms with van der Waals surface area (Å²) in [4.78, 5) is 26.8. The molecule has 1 aliphatic heterocycles. The molecule has 2 atom stereocenters. The van der Waals surface area contributed by atoms with Crippen LogP contribution in [0.4, 0.5) is 5.69 Å². The molecule has 0 spiro atoms. The smallest absolute Gasteiger partial charge is 0.256 e. The van der Waals surface area contributed by atoms with Crippen molar-refractivity contribution in [1.29, 1.82) is 5.26 Å². The van der Waals surface area contributed by atoms with Gasteiger partial charge >= 0.3 is 0 Å². The highest BCUT2D eigenvalue weighted by Gasteiger charge is 2.42. The van der Waals surface area contributed by atoms with Gasteiger partial charge in [0.25, 0.3) is 5.91 Å². The number of carbonyl (C=O) groups is 2. The van der Waals surface area contributed by atoms with Crippen LogP contribution in [-0.2, 0) is 4.79 Å². The molecule has 0 aromatic heterocycles. The van der Waals surface area contributed by atoms with E-state index in [1.165, 1.54) is 0 Å². The fraction of sp³-hybridized carbons (Fsp3) is 0.550. The second kappa shape index (κ2) is 7.97. The number of anilines is 1. The predicted molar refractivity (Wildman–Crippen MR) is 101 cm³/mol. The van der Waals surface area contributed by atoms with Crippen molar-refractivity contribution in [2.45, 2.75) is 44.2 Å². The lowest BCUT2D eigenvalue weighted by atomic mass is 9.98. The lowest BCUT2D eigenvalue weighted by Gasteiger charge is -2.30. The monoisotopic (exact) mass is 370 g/mol. The third-order valence-electron chi connectivity index (χ3n) is 5.31.